The van der Waals surface area contributed by atoms with Gasteiger partial charge in [0.2, 0.25) is 0 Å². The van der Waals surface area contributed by atoms with Crippen LogP contribution >= 0.6 is 0 Å². The van der Waals surface area contributed by atoms with Gasteiger partial charge in [-0.2, -0.15) is 10.5 Å². The number of rotatable bonds is 4. The Labute approximate surface area is 105 Å². The Morgan fingerprint density at radius 1 is 1.22 bits per heavy atom. The average molecular weight is 240 g/mol. The van der Waals surface area contributed by atoms with Crippen molar-refractivity contribution in [3.63, 3.8) is 0 Å². The second kappa shape index (κ2) is 5.15. The van der Waals surface area contributed by atoms with E-state index in [-0.39, 0.29) is 5.69 Å². The standard InChI is InChI=1S/C12H12N6/c1-2-3-17-8-15-6-10(17)7-18-9-16-11(4-13)12(18)5-14/h6,8-9H,2-3,7H2,1H3. The maximum atomic E-state index is 9.04. The summed E-state index contributed by atoms with van der Waals surface area (Å²) in [4.78, 5) is 8.01. The Morgan fingerprint density at radius 3 is 2.72 bits per heavy atom. The molecule has 0 saturated heterocycles. The van der Waals surface area contributed by atoms with E-state index in [4.69, 9.17) is 10.5 Å². The summed E-state index contributed by atoms with van der Waals surface area (Å²) in [6.45, 7) is 3.48. The van der Waals surface area contributed by atoms with Crippen molar-refractivity contribution in [3.8, 4) is 12.1 Å². The molecule has 0 radical (unpaired) electrons. The third-order valence-electron chi connectivity index (χ3n) is 2.64. The summed E-state index contributed by atoms with van der Waals surface area (Å²) >= 11 is 0. The Hall–Kier alpha value is -2.60. The SMILES string of the molecule is CCCn1cncc1Cn1cnc(C#N)c1C#N. The van der Waals surface area contributed by atoms with Gasteiger partial charge in [0.1, 0.15) is 12.1 Å². The molecule has 0 fully saturated rings. The molecule has 0 aromatic carbocycles. The van der Waals surface area contributed by atoms with Crippen molar-refractivity contribution in [2.45, 2.75) is 26.4 Å². The zero-order valence-corrected chi connectivity index (χ0v) is 10.0. The molecule has 2 aromatic heterocycles. The highest BCUT2D eigenvalue weighted by molar-refractivity contribution is 5.36. The van der Waals surface area contributed by atoms with Gasteiger partial charge in [0, 0.05) is 12.7 Å². The minimum atomic E-state index is 0.166. The number of nitriles is 2. The number of aryl methyl sites for hydroxylation is 1. The van der Waals surface area contributed by atoms with Crippen molar-refractivity contribution >= 4 is 0 Å². The molecule has 90 valence electrons. The van der Waals surface area contributed by atoms with Crippen LogP contribution in [0.4, 0.5) is 0 Å². The third kappa shape index (κ3) is 2.09. The van der Waals surface area contributed by atoms with E-state index in [9.17, 15) is 0 Å². The molecule has 6 heteroatoms. The van der Waals surface area contributed by atoms with E-state index in [0.717, 1.165) is 18.7 Å². The molecule has 0 amide bonds. The smallest absolute Gasteiger partial charge is 0.176 e. The van der Waals surface area contributed by atoms with Crippen LogP contribution in [0.1, 0.15) is 30.4 Å². The summed E-state index contributed by atoms with van der Waals surface area (Å²) in [7, 11) is 0. The number of hydrogen-bond acceptors (Lipinski definition) is 4. The molecule has 0 spiro atoms. The first kappa shape index (κ1) is 11.9. The molecule has 2 rings (SSSR count). The van der Waals surface area contributed by atoms with Crippen LogP contribution in [0.3, 0.4) is 0 Å². The van der Waals surface area contributed by atoms with Crippen molar-refractivity contribution in [1.82, 2.24) is 19.1 Å². The molecule has 0 aliphatic heterocycles. The molecule has 0 unspecified atom stereocenters. The fraction of sp³-hybridized carbons (Fsp3) is 0.333. The highest BCUT2D eigenvalue weighted by atomic mass is 15.1. The molecular formula is C12H12N6. The maximum Gasteiger partial charge on any atom is 0.176 e. The van der Waals surface area contributed by atoms with Crippen LogP contribution in [0.2, 0.25) is 0 Å². The number of nitrogens with zero attached hydrogens (tertiary/aromatic N) is 6. The number of hydrogen-bond donors (Lipinski definition) is 0. The van der Waals surface area contributed by atoms with Crippen LogP contribution in [0.25, 0.3) is 0 Å². The molecule has 6 nitrogen and oxygen atoms in total. The molecule has 0 aliphatic carbocycles. The third-order valence-corrected chi connectivity index (χ3v) is 2.64. The Kier molecular flexibility index (Phi) is 3.40. The van der Waals surface area contributed by atoms with E-state index in [1.165, 1.54) is 6.33 Å². The predicted molar refractivity (Wildman–Crippen MR) is 63.3 cm³/mol. The number of imidazole rings is 2. The van der Waals surface area contributed by atoms with Gasteiger partial charge >= 0.3 is 0 Å². The summed E-state index contributed by atoms with van der Waals surface area (Å²) in [5.74, 6) is 0. The lowest BCUT2D eigenvalue weighted by atomic mass is 10.3. The lowest BCUT2D eigenvalue weighted by Crippen LogP contribution is -2.07. The van der Waals surface area contributed by atoms with Gasteiger partial charge in [-0.05, 0) is 6.42 Å². The fourth-order valence-electron chi connectivity index (χ4n) is 1.80. The quantitative estimate of drug-likeness (QED) is 0.805. The summed E-state index contributed by atoms with van der Waals surface area (Å²) in [5.41, 5.74) is 1.45. The summed E-state index contributed by atoms with van der Waals surface area (Å²) in [6.07, 6.45) is 6.07. The lowest BCUT2D eigenvalue weighted by Gasteiger charge is -2.07. The van der Waals surface area contributed by atoms with Crippen LogP contribution in [0.5, 0.6) is 0 Å². The van der Waals surface area contributed by atoms with Crippen LogP contribution in [0, 0.1) is 22.7 Å². The first-order chi connectivity index (χ1) is 8.80. The van der Waals surface area contributed by atoms with E-state index < -0.39 is 0 Å². The van der Waals surface area contributed by atoms with Crippen molar-refractivity contribution in [2.24, 2.45) is 0 Å². The molecule has 0 atom stereocenters. The van der Waals surface area contributed by atoms with Gasteiger partial charge in [-0.3, -0.25) is 0 Å². The van der Waals surface area contributed by atoms with Crippen LogP contribution in [0.15, 0.2) is 18.9 Å². The van der Waals surface area contributed by atoms with Gasteiger partial charge in [0.15, 0.2) is 11.4 Å². The van der Waals surface area contributed by atoms with E-state index in [1.807, 2.05) is 16.7 Å². The van der Waals surface area contributed by atoms with Gasteiger partial charge < -0.3 is 9.13 Å². The van der Waals surface area contributed by atoms with Crippen molar-refractivity contribution < 1.29 is 0 Å². The van der Waals surface area contributed by atoms with Gasteiger partial charge in [0.25, 0.3) is 0 Å². The van der Waals surface area contributed by atoms with Gasteiger partial charge in [-0.25, -0.2) is 9.97 Å². The van der Waals surface area contributed by atoms with Crippen LogP contribution in [-0.4, -0.2) is 19.1 Å². The molecular weight excluding hydrogens is 228 g/mol. The molecule has 0 saturated carbocycles. The van der Waals surface area contributed by atoms with Gasteiger partial charge in [-0.1, -0.05) is 6.92 Å². The zero-order valence-electron chi connectivity index (χ0n) is 10.0. The molecule has 0 N–H and O–H groups in total. The first-order valence-corrected chi connectivity index (χ1v) is 5.64. The zero-order chi connectivity index (χ0) is 13.0. The first-order valence-electron chi connectivity index (χ1n) is 5.64. The van der Waals surface area contributed by atoms with E-state index >= 15 is 0 Å². The summed E-state index contributed by atoms with van der Waals surface area (Å²) < 4.78 is 3.70. The maximum absolute atomic E-state index is 9.04. The molecule has 0 aliphatic rings. The molecule has 18 heavy (non-hydrogen) atoms. The van der Waals surface area contributed by atoms with Gasteiger partial charge in [-0.15, -0.1) is 0 Å². The topological polar surface area (TPSA) is 83.2 Å². The largest absolute Gasteiger partial charge is 0.333 e. The highest BCUT2D eigenvalue weighted by Gasteiger charge is 2.11. The Bertz CT molecular complexity index is 622. The van der Waals surface area contributed by atoms with Crippen molar-refractivity contribution in [3.05, 3.63) is 35.9 Å². The Morgan fingerprint density at radius 2 is 2.06 bits per heavy atom. The lowest BCUT2D eigenvalue weighted by molar-refractivity contribution is 0.622. The second-order valence-electron chi connectivity index (χ2n) is 3.87. The van der Waals surface area contributed by atoms with E-state index in [2.05, 4.69) is 16.9 Å². The summed E-state index contributed by atoms with van der Waals surface area (Å²) in [5, 5.41) is 17.9. The highest BCUT2D eigenvalue weighted by Crippen LogP contribution is 2.09. The predicted octanol–water partition coefficient (Wildman–Crippen LogP) is 1.28. The number of aromatic nitrogens is 4. The van der Waals surface area contributed by atoms with Crippen LogP contribution in [-0.2, 0) is 13.1 Å². The molecule has 2 heterocycles. The fourth-order valence-corrected chi connectivity index (χ4v) is 1.80. The second-order valence-corrected chi connectivity index (χ2v) is 3.87. The molecule has 0 bridgehead atoms. The van der Waals surface area contributed by atoms with Crippen molar-refractivity contribution in [2.75, 3.05) is 0 Å². The van der Waals surface area contributed by atoms with E-state index in [0.29, 0.717) is 12.2 Å². The molecule has 2 aromatic rings. The van der Waals surface area contributed by atoms with E-state index in [1.54, 1.807) is 17.1 Å². The summed E-state index contributed by atoms with van der Waals surface area (Å²) in [6, 6.07) is 3.92. The monoisotopic (exact) mass is 240 g/mol. The minimum absolute atomic E-state index is 0.166. The van der Waals surface area contributed by atoms with Crippen LogP contribution < -0.4 is 0 Å². The normalized spacial score (nSPS) is 9.94. The average Bonchev–Trinajstić information content (AvgIpc) is 2.97. The Balaban J connectivity index is 2.30. The van der Waals surface area contributed by atoms with Gasteiger partial charge in [0.05, 0.1) is 24.9 Å². The minimum Gasteiger partial charge on any atom is -0.333 e. The van der Waals surface area contributed by atoms with Crippen molar-refractivity contribution in [1.29, 1.82) is 10.5 Å².